The van der Waals surface area contributed by atoms with Crippen LogP contribution in [0.2, 0.25) is 0 Å². The maximum absolute atomic E-state index is 13.7. The molecule has 0 aliphatic carbocycles. The molecule has 34 heavy (non-hydrogen) atoms. The maximum Gasteiger partial charge on any atom is 0.262 e. The fourth-order valence-corrected chi connectivity index (χ4v) is 4.87. The van der Waals surface area contributed by atoms with Crippen molar-refractivity contribution in [3.63, 3.8) is 0 Å². The molecule has 0 N–H and O–H groups in total. The molecule has 3 heterocycles. The number of aromatic nitrogens is 1. The fourth-order valence-electron chi connectivity index (χ4n) is 4.87. The Hall–Kier alpha value is -3.74. The first-order valence-electron chi connectivity index (χ1n) is 11.9. The van der Waals surface area contributed by atoms with Crippen molar-refractivity contribution < 1.29 is 14.4 Å². The lowest BCUT2D eigenvalue weighted by Crippen LogP contribution is -2.58. The molecular weight excluding hydrogens is 428 g/mol. The summed E-state index contributed by atoms with van der Waals surface area (Å²) in [5, 5.41) is 1.09. The number of hydrogen-bond acceptors (Lipinski definition) is 5. The number of amides is 3. The minimum Gasteiger partial charge on any atom is -0.353 e. The van der Waals surface area contributed by atoms with Gasteiger partial charge in [-0.15, -0.1) is 0 Å². The molecule has 2 aromatic carbocycles. The first kappa shape index (κ1) is 22.1. The van der Waals surface area contributed by atoms with E-state index < -0.39 is 6.04 Å². The van der Waals surface area contributed by atoms with Crippen LogP contribution in [-0.4, -0.2) is 64.7 Å². The number of piperazine rings is 1. The van der Waals surface area contributed by atoms with E-state index in [1.807, 2.05) is 44.2 Å². The lowest BCUT2D eigenvalue weighted by molar-refractivity contribution is -0.137. The second-order valence-electron chi connectivity index (χ2n) is 9.03. The number of nitrogens with zero attached hydrogens (tertiary/aromatic N) is 4. The van der Waals surface area contributed by atoms with Crippen LogP contribution in [-0.2, 0) is 4.79 Å². The van der Waals surface area contributed by atoms with Crippen molar-refractivity contribution in [2.75, 3.05) is 31.1 Å². The average Bonchev–Trinajstić information content (AvgIpc) is 3.14. The smallest absolute Gasteiger partial charge is 0.262 e. The number of rotatable bonds is 5. The van der Waals surface area contributed by atoms with Gasteiger partial charge in [-0.3, -0.25) is 19.3 Å². The molecule has 1 aromatic heterocycles. The van der Waals surface area contributed by atoms with Gasteiger partial charge in [-0.05, 0) is 36.2 Å². The Morgan fingerprint density at radius 3 is 2.15 bits per heavy atom. The largest absolute Gasteiger partial charge is 0.353 e. The van der Waals surface area contributed by atoms with Crippen LogP contribution in [0.3, 0.4) is 0 Å². The van der Waals surface area contributed by atoms with E-state index in [2.05, 4.69) is 11.0 Å². The van der Waals surface area contributed by atoms with Crippen LogP contribution in [0.15, 0.2) is 60.7 Å². The van der Waals surface area contributed by atoms with Gasteiger partial charge >= 0.3 is 0 Å². The first-order chi connectivity index (χ1) is 16.5. The highest BCUT2D eigenvalue weighted by molar-refractivity contribution is 6.22. The van der Waals surface area contributed by atoms with E-state index in [0.29, 0.717) is 43.7 Å². The Balaban J connectivity index is 1.33. The molecule has 2 aliphatic rings. The van der Waals surface area contributed by atoms with Crippen molar-refractivity contribution in [1.29, 1.82) is 0 Å². The number of fused-ring (bicyclic) bond motifs is 2. The average molecular weight is 457 g/mol. The van der Waals surface area contributed by atoms with Gasteiger partial charge in [0.25, 0.3) is 11.8 Å². The summed E-state index contributed by atoms with van der Waals surface area (Å²) in [5.74, 6) is -0.161. The summed E-state index contributed by atoms with van der Waals surface area (Å²) in [5.41, 5.74) is 1.70. The zero-order valence-corrected chi connectivity index (χ0v) is 19.5. The molecule has 3 amide bonds. The SMILES string of the molecule is CCC(C)C(C(=O)N1CCN(c2ccc3ccccc3n2)CC1)N1C(=O)c2ccccc2C1=O. The van der Waals surface area contributed by atoms with Crippen LogP contribution >= 0.6 is 0 Å². The Morgan fingerprint density at radius 1 is 0.882 bits per heavy atom. The third-order valence-corrected chi connectivity index (χ3v) is 7.04. The van der Waals surface area contributed by atoms with E-state index in [-0.39, 0.29) is 23.6 Å². The van der Waals surface area contributed by atoms with Gasteiger partial charge in [-0.1, -0.05) is 50.6 Å². The molecule has 2 atom stereocenters. The lowest BCUT2D eigenvalue weighted by atomic mass is 9.95. The summed E-state index contributed by atoms with van der Waals surface area (Å²) < 4.78 is 0. The number of imide groups is 1. The van der Waals surface area contributed by atoms with Crippen LogP contribution in [0, 0.1) is 5.92 Å². The summed E-state index contributed by atoms with van der Waals surface area (Å²) in [6, 6.07) is 18.1. The number of benzene rings is 2. The molecule has 7 heteroatoms. The second-order valence-corrected chi connectivity index (χ2v) is 9.03. The van der Waals surface area contributed by atoms with Gasteiger partial charge in [0, 0.05) is 31.6 Å². The lowest BCUT2D eigenvalue weighted by Gasteiger charge is -2.39. The molecule has 174 valence electrons. The van der Waals surface area contributed by atoms with Crippen molar-refractivity contribution in [3.8, 4) is 0 Å². The molecule has 1 fully saturated rings. The van der Waals surface area contributed by atoms with Gasteiger partial charge in [-0.2, -0.15) is 0 Å². The van der Waals surface area contributed by atoms with Gasteiger partial charge in [0.15, 0.2) is 0 Å². The topological polar surface area (TPSA) is 73.8 Å². The number of carbonyl (C=O) groups excluding carboxylic acids is 3. The highest BCUT2D eigenvalue weighted by atomic mass is 16.2. The molecule has 0 bridgehead atoms. The van der Waals surface area contributed by atoms with Gasteiger partial charge in [0.05, 0.1) is 16.6 Å². The van der Waals surface area contributed by atoms with Gasteiger partial charge in [0.1, 0.15) is 11.9 Å². The van der Waals surface area contributed by atoms with E-state index in [4.69, 9.17) is 4.98 Å². The van der Waals surface area contributed by atoms with Crippen molar-refractivity contribution in [1.82, 2.24) is 14.8 Å². The summed E-state index contributed by atoms with van der Waals surface area (Å²) in [4.78, 5) is 49.9. The number of carbonyl (C=O) groups is 3. The first-order valence-corrected chi connectivity index (χ1v) is 11.9. The van der Waals surface area contributed by atoms with Crippen LogP contribution in [0.5, 0.6) is 0 Å². The van der Waals surface area contributed by atoms with Gasteiger partial charge in [-0.25, -0.2) is 4.98 Å². The molecule has 0 saturated carbocycles. The normalized spacial score (nSPS) is 17.8. The molecule has 2 aliphatic heterocycles. The quantitative estimate of drug-likeness (QED) is 0.549. The van der Waals surface area contributed by atoms with E-state index in [9.17, 15) is 14.4 Å². The fraction of sp³-hybridized carbons (Fsp3) is 0.333. The molecule has 2 unspecified atom stereocenters. The highest BCUT2D eigenvalue weighted by Crippen LogP contribution is 2.29. The minimum absolute atomic E-state index is 0.144. The molecule has 7 nitrogen and oxygen atoms in total. The molecular formula is C27H28N4O3. The second kappa shape index (κ2) is 8.89. The number of pyridine rings is 1. The van der Waals surface area contributed by atoms with Crippen molar-refractivity contribution in [3.05, 3.63) is 71.8 Å². The number of para-hydroxylation sites is 1. The number of anilines is 1. The van der Waals surface area contributed by atoms with E-state index in [1.54, 1.807) is 29.2 Å². The van der Waals surface area contributed by atoms with Crippen molar-refractivity contribution >= 4 is 34.4 Å². The van der Waals surface area contributed by atoms with Crippen LogP contribution < -0.4 is 4.90 Å². The van der Waals surface area contributed by atoms with Crippen molar-refractivity contribution in [2.24, 2.45) is 5.92 Å². The third-order valence-electron chi connectivity index (χ3n) is 7.04. The minimum atomic E-state index is -0.803. The summed E-state index contributed by atoms with van der Waals surface area (Å²) >= 11 is 0. The number of hydrogen-bond donors (Lipinski definition) is 0. The molecule has 0 spiro atoms. The summed E-state index contributed by atoms with van der Waals surface area (Å²) in [6.45, 7) is 6.24. The zero-order chi connectivity index (χ0) is 23.8. The Labute approximate surface area is 199 Å². The molecule has 1 saturated heterocycles. The Morgan fingerprint density at radius 2 is 1.50 bits per heavy atom. The van der Waals surface area contributed by atoms with Crippen molar-refractivity contribution in [2.45, 2.75) is 26.3 Å². The van der Waals surface area contributed by atoms with Crippen LogP contribution in [0.1, 0.15) is 41.0 Å². The van der Waals surface area contributed by atoms with Gasteiger partial charge in [0.2, 0.25) is 5.91 Å². The van der Waals surface area contributed by atoms with E-state index in [1.165, 1.54) is 4.90 Å². The third kappa shape index (κ3) is 3.71. The predicted octanol–water partition coefficient (Wildman–Crippen LogP) is 3.59. The molecule has 5 rings (SSSR count). The molecule has 0 radical (unpaired) electrons. The van der Waals surface area contributed by atoms with E-state index in [0.717, 1.165) is 16.7 Å². The predicted molar refractivity (Wildman–Crippen MR) is 131 cm³/mol. The highest BCUT2D eigenvalue weighted by Gasteiger charge is 2.45. The van der Waals surface area contributed by atoms with Crippen LogP contribution in [0.4, 0.5) is 5.82 Å². The summed E-state index contributed by atoms with van der Waals surface area (Å²) in [7, 11) is 0. The van der Waals surface area contributed by atoms with Gasteiger partial charge < -0.3 is 9.80 Å². The standard InChI is InChI=1S/C27H28N4O3/c1-3-18(2)24(31-25(32)20-9-5-6-10-21(20)26(31)33)27(34)30-16-14-29(15-17-30)23-13-12-19-8-4-7-11-22(19)28-23/h4-13,18,24H,3,14-17H2,1-2H3. The van der Waals surface area contributed by atoms with E-state index >= 15 is 0 Å². The summed E-state index contributed by atoms with van der Waals surface area (Å²) in [6.07, 6.45) is 0.685. The molecule has 3 aromatic rings. The Bertz CT molecular complexity index is 1230. The maximum atomic E-state index is 13.7. The van der Waals surface area contributed by atoms with Crippen LogP contribution in [0.25, 0.3) is 10.9 Å². The monoisotopic (exact) mass is 456 g/mol. The zero-order valence-electron chi connectivity index (χ0n) is 19.5. The Kier molecular flexibility index (Phi) is 5.77.